The highest BCUT2D eigenvalue weighted by Gasteiger charge is 2.25. The van der Waals surface area contributed by atoms with Crippen molar-refractivity contribution in [1.29, 1.82) is 0 Å². The summed E-state index contributed by atoms with van der Waals surface area (Å²) in [5.74, 6) is 0.781. The predicted octanol–water partition coefficient (Wildman–Crippen LogP) is 3.81. The number of hydrogen-bond donors (Lipinski definition) is 1. The molecule has 2 aromatic rings. The Hall–Kier alpha value is -1.84. The number of piperidine rings is 1. The van der Waals surface area contributed by atoms with E-state index in [2.05, 4.69) is 22.4 Å². The van der Waals surface area contributed by atoms with Gasteiger partial charge in [0.05, 0.1) is 10.7 Å². The van der Waals surface area contributed by atoms with E-state index in [1.54, 1.807) is 0 Å². The number of hydrogen-bond acceptors (Lipinski definition) is 3. The molecule has 0 aliphatic carbocycles. The normalized spacial score (nSPS) is 17.3. The maximum Gasteiger partial charge on any atom is 0.146 e. The van der Waals surface area contributed by atoms with Crippen molar-refractivity contribution in [3.8, 4) is 5.75 Å². The summed E-state index contributed by atoms with van der Waals surface area (Å²) >= 11 is 6.38. The number of halogens is 1. The van der Waals surface area contributed by atoms with Crippen LogP contribution in [-0.2, 0) is 6.61 Å². The smallest absolute Gasteiger partial charge is 0.146 e. The van der Waals surface area contributed by atoms with Crippen LogP contribution in [0.5, 0.6) is 5.75 Å². The van der Waals surface area contributed by atoms with Gasteiger partial charge in [-0.1, -0.05) is 35.4 Å². The van der Waals surface area contributed by atoms with E-state index in [9.17, 15) is 0 Å². The molecule has 2 aliphatic rings. The van der Waals surface area contributed by atoms with Gasteiger partial charge in [-0.05, 0) is 38.1 Å². The second-order valence-electron chi connectivity index (χ2n) is 5.64. The molecule has 4 rings (SSSR count). The molecule has 0 radical (unpaired) electrons. The second-order valence-corrected chi connectivity index (χ2v) is 6.05. The summed E-state index contributed by atoms with van der Waals surface area (Å²) in [6, 6.07) is 10.0. The average Bonchev–Trinajstić information content (AvgIpc) is 2.73. The number of pyridine rings is 1. The first kappa shape index (κ1) is 13.8. The molecule has 22 heavy (non-hydrogen) atoms. The molecule has 112 valence electrons. The first-order valence-corrected chi connectivity index (χ1v) is 8.01. The lowest BCUT2D eigenvalue weighted by Gasteiger charge is -2.21. The van der Waals surface area contributed by atoms with E-state index in [0.29, 0.717) is 11.6 Å². The Morgan fingerprint density at radius 1 is 1.09 bits per heavy atom. The minimum atomic E-state index is 0.509. The fourth-order valence-corrected chi connectivity index (χ4v) is 3.48. The number of fused-ring (bicyclic) bond motifs is 2. The third-order valence-corrected chi connectivity index (χ3v) is 4.59. The quantitative estimate of drug-likeness (QED) is 0.803. The van der Waals surface area contributed by atoms with Gasteiger partial charge in [0.2, 0.25) is 0 Å². The molecule has 0 saturated carbocycles. The number of para-hydroxylation sites is 1. The minimum absolute atomic E-state index is 0.509. The van der Waals surface area contributed by atoms with Gasteiger partial charge in [-0.15, -0.1) is 0 Å². The topological polar surface area (TPSA) is 34.1 Å². The summed E-state index contributed by atoms with van der Waals surface area (Å²) < 4.78 is 6.01. The van der Waals surface area contributed by atoms with Crippen LogP contribution in [0, 0.1) is 0 Å². The molecule has 3 nitrogen and oxygen atoms in total. The molecule has 0 unspecified atom stereocenters. The summed E-state index contributed by atoms with van der Waals surface area (Å²) in [4.78, 5) is 4.66. The third-order valence-electron chi connectivity index (χ3n) is 4.30. The Morgan fingerprint density at radius 3 is 2.82 bits per heavy atom. The first-order valence-electron chi connectivity index (χ1n) is 7.63. The predicted molar refractivity (Wildman–Crippen MR) is 88.1 cm³/mol. The number of ether oxygens (including phenoxy) is 1. The Kier molecular flexibility index (Phi) is 3.60. The van der Waals surface area contributed by atoms with Crippen molar-refractivity contribution in [3.63, 3.8) is 0 Å². The average molecular weight is 313 g/mol. The zero-order valence-corrected chi connectivity index (χ0v) is 13.0. The van der Waals surface area contributed by atoms with Gasteiger partial charge in [-0.25, -0.2) is 0 Å². The Morgan fingerprint density at radius 2 is 1.95 bits per heavy atom. The van der Waals surface area contributed by atoms with Crippen LogP contribution in [0.3, 0.4) is 0 Å². The standard InChI is InChI=1S/C18H17ClN2O/c19-15-5-1-4-14-16(12-6-9-20-10-7-12)17-13(3-2-8-21-17)11-22-18(14)15/h1-5,8,20H,6-7,9-11H2. The van der Waals surface area contributed by atoms with E-state index >= 15 is 0 Å². The Bertz CT molecular complexity index is 747. The highest BCUT2D eigenvalue weighted by Crippen LogP contribution is 2.42. The summed E-state index contributed by atoms with van der Waals surface area (Å²) in [6.45, 7) is 2.53. The van der Waals surface area contributed by atoms with Gasteiger partial charge in [-0.2, -0.15) is 0 Å². The maximum atomic E-state index is 6.38. The molecule has 0 bridgehead atoms. The highest BCUT2D eigenvalue weighted by molar-refractivity contribution is 6.32. The van der Waals surface area contributed by atoms with Crippen molar-refractivity contribution in [1.82, 2.24) is 10.3 Å². The molecule has 0 spiro atoms. The second kappa shape index (κ2) is 5.75. The Labute approximate surface area is 135 Å². The van der Waals surface area contributed by atoms with E-state index in [1.807, 2.05) is 24.4 Å². The molecule has 4 heteroatoms. The summed E-state index contributed by atoms with van der Waals surface area (Å²) in [5.41, 5.74) is 5.89. The Balaban J connectivity index is 2.00. The largest absolute Gasteiger partial charge is 0.487 e. The molecule has 0 atom stereocenters. The SMILES string of the molecule is Clc1cccc2c1OCc1cccnc1C2=C1CCNCC1. The fraction of sp³-hybridized carbons (Fsp3) is 0.278. The molecule has 1 fully saturated rings. The van der Waals surface area contributed by atoms with Gasteiger partial charge in [0.15, 0.2) is 0 Å². The molecule has 3 heterocycles. The number of benzene rings is 1. The number of rotatable bonds is 0. The summed E-state index contributed by atoms with van der Waals surface area (Å²) in [6.07, 6.45) is 3.94. The van der Waals surface area contributed by atoms with Gasteiger partial charge >= 0.3 is 0 Å². The van der Waals surface area contributed by atoms with Gasteiger partial charge in [-0.3, -0.25) is 4.98 Å². The van der Waals surface area contributed by atoms with Crippen molar-refractivity contribution in [2.24, 2.45) is 0 Å². The van der Waals surface area contributed by atoms with Crippen LogP contribution in [0.15, 0.2) is 42.1 Å². The van der Waals surface area contributed by atoms with Crippen LogP contribution in [0.2, 0.25) is 5.02 Å². The fourth-order valence-electron chi connectivity index (χ4n) is 3.25. The van der Waals surface area contributed by atoms with E-state index < -0.39 is 0 Å². The van der Waals surface area contributed by atoms with Gasteiger partial charge in [0.1, 0.15) is 12.4 Å². The zero-order chi connectivity index (χ0) is 14.9. The summed E-state index contributed by atoms with van der Waals surface area (Å²) in [7, 11) is 0. The van der Waals surface area contributed by atoms with Crippen LogP contribution in [0.4, 0.5) is 0 Å². The molecular weight excluding hydrogens is 296 g/mol. The van der Waals surface area contributed by atoms with Crippen LogP contribution in [0.1, 0.15) is 29.7 Å². The summed E-state index contributed by atoms with van der Waals surface area (Å²) in [5, 5.41) is 4.08. The molecular formula is C18H17ClN2O. The lowest BCUT2D eigenvalue weighted by Crippen LogP contribution is -2.24. The molecule has 2 aliphatic heterocycles. The maximum absolute atomic E-state index is 6.38. The third kappa shape index (κ3) is 2.31. The van der Waals surface area contributed by atoms with Crippen molar-refractivity contribution in [2.75, 3.05) is 13.1 Å². The molecule has 1 N–H and O–H groups in total. The van der Waals surface area contributed by atoms with Crippen molar-refractivity contribution in [2.45, 2.75) is 19.4 Å². The molecule has 0 amide bonds. The van der Waals surface area contributed by atoms with Crippen molar-refractivity contribution >= 4 is 17.2 Å². The van der Waals surface area contributed by atoms with E-state index in [1.165, 1.54) is 11.1 Å². The lowest BCUT2D eigenvalue weighted by atomic mass is 9.89. The first-order chi connectivity index (χ1) is 10.8. The zero-order valence-electron chi connectivity index (χ0n) is 12.2. The number of nitrogens with zero attached hydrogens (tertiary/aromatic N) is 1. The van der Waals surface area contributed by atoms with Crippen LogP contribution >= 0.6 is 11.6 Å². The van der Waals surface area contributed by atoms with Crippen LogP contribution in [0.25, 0.3) is 5.57 Å². The number of nitrogens with one attached hydrogen (secondary N) is 1. The lowest BCUT2D eigenvalue weighted by molar-refractivity contribution is 0.307. The highest BCUT2D eigenvalue weighted by atomic mass is 35.5. The van der Waals surface area contributed by atoms with Crippen molar-refractivity contribution in [3.05, 3.63) is 63.9 Å². The van der Waals surface area contributed by atoms with Crippen LogP contribution < -0.4 is 10.1 Å². The van der Waals surface area contributed by atoms with Crippen LogP contribution in [-0.4, -0.2) is 18.1 Å². The molecule has 1 aromatic heterocycles. The van der Waals surface area contributed by atoms with Gasteiger partial charge in [0, 0.05) is 22.9 Å². The van der Waals surface area contributed by atoms with E-state index in [4.69, 9.17) is 16.3 Å². The molecule has 1 saturated heterocycles. The van der Waals surface area contributed by atoms with E-state index in [0.717, 1.165) is 48.5 Å². The molecule has 1 aromatic carbocycles. The number of aromatic nitrogens is 1. The van der Waals surface area contributed by atoms with E-state index in [-0.39, 0.29) is 0 Å². The van der Waals surface area contributed by atoms with Crippen molar-refractivity contribution < 1.29 is 4.74 Å². The minimum Gasteiger partial charge on any atom is -0.487 e. The van der Waals surface area contributed by atoms with Gasteiger partial charge < -0.3 is 10.1 Å². The van der Waals surface area contributed by atoms with Gasteiger partial charge in [0.25, 0.3) is 0 Å². The monoisotopic (exact) mass is 312 g/mol.